The van der Waals surface area contributed by atoms with E-state index >= 15 is 0 Å². The molecular formula is C9H20N2O2. The number of rotatable bonds is 7. The van der Waals surface area contributed by atoms with E-state index < -0.39 is 6.09 Å². The maximum absolute atomic E-state index is 10.1. The predicted octanol–water partition coefficient (Wildman–Crippen LogP) is 1.98. The molecule has 4 heteroatoms. The highest BCUT2D eigenvalue weighted by Gasteiger charge is 2.05. The molecule has 0 aromatic heterocycles. The zero-order chi connectivity index (χ0) is 10.1. The molecule has 0 spiro atoms. The van der Waals surface area contributed by atoms with Gasteiger partial charge < -0.3 is 5.11 Å². The maximum atomic E-state index is 10.1. The second kappa shape index (κ2) is 7.86. The normalized spacial score (nSPS) is 12.5. The molecule has 3 N–H and O–H groups in total. The number of hydrogen-bond acceptors (Lipinski definition) is 2. The van der Waals surface area contributed by atoms with Gasteiger partial charge in [-0.3, -0.25) is 5.43 Å². The average molecular weight is 188 g/mol. The smallest absolute Gasteiger partial charge is 0.419 e. The minimum Gasteiger partial charge on any atom is -0.464 e. The van der Waals surface area contributed by atoms with Gasteiger partial charge in [-0.2, -0.15) is 0 Å². The van der Waals surface area contributed by atoms with Crippen LogP contribution in [0.1, 0.15) is 39.5 Å². The summed E-state index contributed by atoms with van der Waals surface area (Å²) in [6, 6.07) is 0. The van der Waals surface area contributed by atoms with Crippen molar-refractivity contribution in [3.05, 3.63) is 0 Å². The molecule has 0 aliphatic carbocycles. The van der Waals surface area contributed by atoms with Crippen LogP contribution in [0.15, 0.2) is 0 Å². The number of hydrazine groups is 1. The van der Waals surface area contributed by atoms with E-state index in [9.17, 15) is 4.79 Å². The Bertz CT molecular complexity index is 140. The minimum absolute atomic E-state index is 0.576. The van der Waals surface area contributed by atoms with Gasteiger partial charge in [-0.15, -0.1) is 0 Å². The molecule has 0 fully saturated rings. The van der Waals surface area contributed by atoms with Gasteiger partial charge in [-0.05, 0) is 12.3 Å². The lowest BCUT2D eigenvalue weighted by molar-refractivity contribution is 0.187. The molecule has 0 heterocycles. The number of carboxylic acid groups (broad SMARTS) is 1. The standard InChI is InChI=1S/C9H20N2O2/c1-3-5-6-8(4-2)7-10-11-9(12)13/h8,10-11H,3-7H2,1-2H3,(H,12,13). The van der Waals surface area contributed by atoms with Crippen LogP contribution in [0.4, 0.5) is 4.79 Å². The summed E-state index contributed by atoms with van der Waals surface area (Å²) in [6.07, 6.45) is 3.65. The van der Waals surface area contributed by atoms with E-state index in [1.54, 1.807) is 0 Å². The van der Waals surface area contributed by atoms with E-state index in [1.165, 1.54) is 19.3 Å². The van der Waals surface area contributed by atoms with Gasteiger partial charge in [0, 0.05) is 6.54 Å². The fraction of sp³-hybridized carbons (Fsp3) is 0.889. The Morgan fingerprint density at radius 2 is 2.15 bits per heavy atom. The lowest BCUT2D eigenvalue weighted by Crippen LogP contribution is -2.39. The van der Waals surface area contributed by atoms with Gasteiger partial charge in [0.15, 0.2) is 0 Å². The number of hydrogen-bond donors (Lipinski definition) is 3. The van der Waals surface area contributed by atoms with E-state index in [0.717, 1.165) is 13.0 Å². The topological polar surface area (TPSA) is 61.4 Å². The van der Waals surface area contributed by atoms with Gasteiger partial charge in [0.25, 0.3) is 0 Å². The zero-order valence-corrected chi connectivity index (χ0v) is 8.47. The summed E-state index contributed by atoms with van der Waals surface area (Å²) < 4.78 is 0. The molecule has 0 aliphatic heterocycles. The first-order valence-corrected chi connectivity index (χ1v) is 4.92. The van der Waals surface area contributed by atoms with Crippen LogP contribution in [0.25, 0.3) is 0 Å². The minimum atomic E-state index is -1.02. The largest absolute Gasteiger partial charge is 0.464 e. The highest BCUT2D eigenvalue weighted by atomic mass is 16.4. The van der Waals surface area contributed by atoms with Crippen molar-refractivity contribution in [2.75, 3.05) is 6.54 Å². The molecular weight excluding hydrogens is 168 g/mol. The number of nitrogens with one attached hydrogen (secondary N) is 2. The average Bonchev–Trinajstić information content (AvgIpc) is 2.10. The Balaban J connectivity index is 3.41. The highest BCUT2D eigenvalue weighted by Crippen LogP contribution is 2.10. The van der Waals surface area contributed by atoms with E-state index in [0.29, 0.717) is 5.92 Å². The van der Waals surface area contributed by atoms with Crippen molar-refractivity contribution < 1.29 is 9.90 Å². The SMILES string of the molecule is CCCCC(CC)CNNC(=O)O. The molecule has 0 aliphatic rings. The summed E-state index contributed by atoms with van der Waals surface area (Å²) in [6.45, 7) is 5.02. The van der Waals surface area contributed by atoms with Crippen LogP contribution in [0.2, 0.25) is 0 Å². The highest BCUT2D eigenvalue weighted by molar-refractivity contribution is 5.63. The first kappa shape index (κ1) is 12.2. The zero-order valence-electron chi connectivity index (χ0n) is 8.47. The maximum Gasteiger partial charge on any atom is 0.419 e. The van der Waals surface area contributed by atoms with E-state index in [2.05, 4.69) is 24.7 Å². The Morgan fingerprint density at radius 3 is 2.62 bits per heavy atom. The van der Waals surface area contributed by atoms with Gasteiger partial charge in [-0.25, -0.2) is 10.2 Å². The van der Waals surface area contributed by atoms with Crippen molar-refractivity contribution in [3.63, 3.8) is 0 Å². The van der Waals surface area contributed by atoms with Gasteiger partial charge in [0.2, 0.25) is 0 Å². The Kier molecular flexibility index (Phi) is 7.39. The molecule has 1 amide bonds. The molecule has 0 radical (unpaired) electrons. The second-order valence-corrected chi connectivity index (χ2v) is 3.23. The summed E-state index contributed by atoms with van der Waals surface area (Å²) in [7, 11) is 0. The van der Waals surface area contributed by atoms with Crippen LogP contribution in [-0.4, -0.2) is 17.7 Å². The molecule has 0 rings (SSSR count). The van der Waals surface area contributed by atoms with Crippen molar-refractivity contribution in [1.29, 1.82) is 0 Å². The lowest BCUT2D eigenvalue weighted by atomic mass is 10.00. The van der Waals surface area contributed by atoms with Gasteiger partial charge >= 0.3 is 6.09 Å². The van der Waals surface area contributed by atoms with Gasteiger partial charge in [-0.1, -0.05) is 33.1 Å². The lowest BCUT2D eigenvalue weighted by Gasteiger charge is -2.14. The molecule has 0 saturated carbocycles. The fourth-order valence-corrected chi connectivity index (χ4v) is 1.21. The monoisotopic (exact) mass is 188 g/mol. The van der Waals surface area contributed by atoms with E-state index in [4.69, 9.17) is 5.11 Å². The van der Waals surface area contributed by atoms with Crippen molar-refractivity contribution in [2.24, 2.45) is 5.92 Å². The van der Waals surface area contributed by atoms with Crippen LogP contribution >= 0.6 is 0 Å². The molecule has 13 heavy (non-hydrogen) atoms. The van der Waals surface area contributed by atoms with Crippen molar-refractivity contribution in [1.82, 2.24) is 10.9 Å². The van der Waals surface area contributed by atoms with Crippen LogP contribution < -0.4 is 10.9 Å². The number of unbranched alkanes of at least 4 members (excludes halogenated alkanes) is 1. The number of amides is 1. The molecule has 0 aromatic carbocycles. The quantitative estimate of drug-likeness (QED) is 0.535. The molecule has 78 valence electrons. The molecule has 1 unspecified atom stereocenters. The molecule has 0 bridgehead atoms. The molecule has 4 nitrogen and oxygen atoms in total. The van der Waals surface area contributed by atoms with E-state index in [-0.39, 0.29) is 0 Å². The first-order chi connectivity index (χ1) is 6.20. The Morgan fingerprint density at radius 1 is 1.46 bits per heavy atom. The van der Waals surface area contributed by atoms with E-state index in [1.807, 2.05) is 0 Å². The molecule has 1 atom stereocenters. The Labute approximate surface area is 79.7 Å². The number of carbonyl (C=O) groups is 1. The van der Waals surface area contributed by atoms with Gasteiger partial charge in [0.05, 0.1) is 0 Å². The fourth-order valence-electron chi connectivity index (χ4n) is 1.21. The van der Waals surface area contributed by atoms with Crippen molar-refractivity contribution in [3.8, 4) is 0 Å². The third kappa shape index (κ3) is 7.59. The van der Waals surface area contributed by atoms with Crippen LogP contribution in [0.5, 0.6) is 0 Å². The van der Waals surface area contributed by atoms with Crippen LogP contribution in [0, 0.1) is 5.92 Å². The summed E-state index contributed by atoms with van der Waals surface area (Å²) in [5.74, 6) is 0.576. The summed E-state index contributed by atoms with van der Waals surface area (Å²) >= 11 is 0. The Hall–Kier alpha value is -0.770. The van der Waals surface area contributed by atoms with Crippen LogP contribution in [0.3, 0.4) is 0 Å². The first-order valence-electron chi connectivity index (χ1n) is 4.92. The summed E-state index contributed by atoms with van der Waals surface area (Å²) in [5.41, 5.74) is 4.85. The third-order valence-electron chi connectivity index (χ3n) is 2.13. The summed E-state index contributed by atoms with van der Waals surface area (Å²) in [5, 5.41) is 8.30. The molecule has 0 saturated heterocycles. The summed E-state index contributed by atoms with van der Waals surface area (Å²) in [4.78, 5) is 10.1. The second-order valence-electron chi connectivity index (χ2n) is 3.23. The van der Waals surface area contributed by atoms with Crippen LogP contribution in [-0.2, 0) is 0 Å². The third-order valence-corrected chi connectivity index (χ3v) is 2.13. The van der Waals surface area contributed by atoms with Crippen molar-refractivity contribution in [2.45, 2.75) is 39.5 Å². The predicted molar refractivity (Wildman–Crippen MR) is 52.5 cm³/mol. The van der Waals surface area contributed by atoms with Crippen molar-refractivity contribution >= 4 is 6.09 Å². The molecule has 0 aromatic rings. The van der Waals surface area contributed by atoms with Gasteiger partial charge in [0.1, 0.15) is 0 Å².